The van der Waals surface area contributed by atoms with Gasteiger partial charge < -0.3 is 23.8 Å². The van der Waals surface area contributed by atoms with Crippen molar-refractivity contribution in [1.82, 2.24) is 0 Å². The number of carbonyl (C=O) groups is 2. The number of carbonyl (C=O) groups excluding carboxylic acids is 2. The molecule has 1 atom stereocenters. The highest BCUT2D eigenvalue weighted by Gasteiger charge is 2.49. The molecule has 1 heterocycles. The number of halogens is 4. The molecular weight excluding hydrogens is 491 g/mol. The molecule has 0 spiro atoms. The molecule has 14 heteroatoms. The van der Waals surface area contributed by atoms with Crippen LogP contribution in [-0.2, 0) is 29.3 Å². The van der Waals surface area contributed by atoms with Crippen molar-refractivity contribution in [1.29, 1.82) is 0 Å². The van der Waals surface area contributed by atoms with Gasteiger partial charge in [-0.25, -0.2) is 9.59 Å². The molecule has 0 bridgehead atoms. The van der Waals surface area contributed by atoms with E-state index in [4.69, 9.17) is 16.3 Å². The Bertz CT molecular complexity index is 973. The van der Waals surface area contributed by atoms with Gasteiger partial charge >= 0.3 is 18.3 Å². The smallest absolute Gasteiger partial charge is 0.475 e. The third kappa shape index (κ3) is 7.40. The molecular formula is C20H21ClF3NO9. The van der Waals surface area contributed by atoms with E-state index < -0.39 is 47.3 Å². The minimum absolute atomic E-state index is 0.0216. The number of ether oxygens (including phenoxy) is 4. The Morgan fingerprint density at radius 2 is 1.82 bits per heavy atom. The zero-order valence-electron chi connectivity index (χ0n) is 18.3. The lowest BCUT2D eigenvalue weighted by molar-refractivity contribution is -0.757. The van der Waals surface area contributed by atoms with Crippen LogP contribution in [-0.4, -0.2) is 49.5 Å². The summed E-state index contributed by atoms with van der Waals surface area (Å²) in [4.78, 5) is 37.7. The van der Waals surface area contributed by atoms with E-state index >= 15 is 0 Å². The van der Waals surface area contributed by atoms with E-state index in [0.29, 0.717) is 5.56 Å². The predicted molar refractivity (Wildman–Crippen MR) is 110 cm³/mol. The van der Waals surface area contributed by atoms with E-state index in [1.54, 1.807) is 0 Å². The van der Waals surface area contributed by atoms with Crippen molar-refractivity contribution in [2.24, 2.45) is 0 Å². The van der Waals surface area contributed by atoms with Crippen LogP contribution in [0, 0.1) is 10.1 Å². The van der Waals surface area contributed by atoms with Crippen molar-refractivity contribution in [2.75, 3.05) is 20.0 Å². The largest absolute Gasteiger partial charge is 0.511 e. The minimum Gasteiger partial charge on any atom is -0.475 e. The summed E-state index contributed by atoms with van der Waals surface area (Å²) in [5.41, 5.74) is -0.640. The minimum atomic E-state index is -4.95. The third-order valence-electron chi connectivity index (χ3n) is 4.35. The van der Waals surface area contributed by atoms with Gasteiger partial charge in [0.15, 0.2) is 0 Å². The summed E-state index contributed by atoms with van der Waals surface area (Å²) in [6, 6.07) is 2.78. The number of esters is 1. The summed E-state index contributed by atoms with van der Waals surface area (Å²) in [5, 5.41) is 9.22. The molecule has 1 unspecified atom stereocenters. The fourth-order valence-electron chi connectivity index (χ4n) is 2.81. The summed E-state index contributed by atoms with van der Waals surface area (Å²) < 4.78 is 59.5. The van der Waals surface area contributed by atoms with Gasteiger partial charge in [0.25, 0.3) is 5.09 Å². The SMILES string of the molecule is CC(C)(C)c1cc2c(cc1Cl)C=C(C(=O)OCOC(=O)OCCCO[N+](=O)[O-])C(C(F)(F)F)O2. The molecule has 0 aromatic heterocycles. The van der Waals surface area contributed by atoms with Gasteiger partial charge in [0.05, 0.1) is 18.8 Å². The zero-order chi connectivity index (χ0) is 25.7. The summed E-state index contributed by atoms with van der Waals surface area (Å²) in [6.45, 7) is 3.81. The molecule has 1 aromatic rings. The van der Waals surface area contributed by atoms with Crippen molar-refractivity contribution < 1.29 is 51.6 Å². The third-order valence-corrected chi connectivity index (χ3v) is 4.66. The first-order valence-electron chi connectivity index (χ1n) is 9.73. The van der Waals surface area contributed by atoms with E-state index in [-0.39, 0.29) is 36.0 Å². The van der Waals surface area contributed by atoms with Gasteiger partial charge in [0.1, 0.15) is 5.75 Å². The first-order chi connectivity index (χ1) is 15.7. The highest BCUT2D eigenvalue weighted by molar-refractivity contribution is 6.31. The molecule has 1 aromatic carbocycles. The number of fused-ring (bicyclic) bond motifs is 1. The van der Waals surface area contributed by atoms with Gasteiger partial charge in [-0.3, -0.25) is 0 Å². The van der Waals surface area contributed by atoms with E-state index in [9.17, 15) is 32.9 Å². The fraction of sp³-hybridized carbons (Fsp3) is 0.500. The molecule has 0 saturated heterocycles. The molecule has 0 radical (unpaired) electrons. The molecule has 188 valence electrons. The van der Waals surface area contributed by atoms with Gasteiger partial charge in [0.2, 0.25) is 12.9 Å². The van der Waals surface area contributed by atoms with Crippen molar-refractivity contribution in [2.45, 2.75) is 44.9 Å². The van der Waals surface area contributed by atoms with Gasteiger partial charge in [-0.15, -0.1) is 10.1 Å². The number of rotatable bonds is 8. The van der Waals surface area contributed by atoms with Crippen molar-refractivity contribution >= 4 is 29.8 Å². The molecule has 0 fully saturated rings. The monoisotopic (exact) mass is 511 g/mol. The van der Waals surface area contributed by atoms with Crippen LogP contribution in [0.3, 0.4) is 0 Å². The van der Waals surface area contributed by atoms with E-state index in [1.165, 1.54) is 12.1 Å². The second-order valence-corrected chi connectivity index (χ2v) is 8.37. The maximum Gasteiger partial charge on any atom is 0.511 e. The Kier molecular flexibility index (Phi) is 8.59. The molecule has 34 heavy (non-hydrogen) atoms. The quantitative estimate of drug-likeness (QED) is 0.162. The molecule has 0 saturated carbocycles. The Balaban J connectivity index is 2.06. The molecule has 0 N–H and O–H groups in total. The van der Waals surface area contributed by atoms with Crippen LogP contribution in [0.2, 0.25) is 5.02 Å². The lowest BCUT2D eigenvalue weighted by Crippen LogP contribution is -2.41. The second kappa shape index (κ2) is 10.8. The van der Waals surface area contributed by atoms with Crippen LogP contribution in [0.5, 0.6) is 5.75 Å². The predicted octanol–water partition coefficient (Wildman–Crippen LogP) is 4.60. The maximum absolute atomic E-state index is 13.6. The van der Waals surface area contributed by atoms with Gasteiger partial charge in [0, 0.05) is 17.0 Å². The molecule has 0 amide bonds. The van der Waals surface area contributed by atoms with E-state index in [1.807, 2.05) is 20.8 Å². The Hall–Kier alpha value is -3.22. The fourth-order valence-corrected chi connectivity index (χ4v) is 3.27. The normalized spacial score (nSPS) is 15.4. The maximum atomic E-state index is 13.6. The summed E-state index contributed by atoms with van der Waals surface area (Å²) >= 11 is 6.26. The lowest BCUT2D eigenvalue weighted by Gasteiger charge is -2.30. The number of hydrogen-bond donors (Lipinski definition) is 0. The molecule has 10 nitrogen and oxygen atoms in total. The first-order valence-corrected chi connectivity index (χ1v) is 10.1. The topological polar surface area (TPSA) is 123 Å². The van der Waals surface area contributed by atoms with Crippen molar-refractivity contribution in [3.63, 3.8) is 0 Å². The average Bonchev–Trinajstić information content (AvgIpc) is 2.70. The Labute approximate surface area is 196 Å². The van der Waals surface area contributed by atoms with Crippen LogP contribution >= 0.6 is 11.6 Å². The zero-order valence-corrected chi connectivity index (χ0v) is 19.0. The van der Waals surface area contributed by atoms with Gasteiger partial charge in [-0.05, 0) is 29.2 Å². The van der Waals surface area contributed by atoms with Crippen LogP contribution in [0.25, 0.3) is 6.08 Å². The van der Waals surface area contributed by atoms with Gasteiger partial charge in [-0.1, -0.05) is 32.4 Å². The van der Waals surface area contributed by atoms with E-state index in [2.05, 4.69) is 19.0 Å². The molecule has 1 aliphatic heterocycles. The summed E-state index contributed by atoms with van der Waals surface area (Å²) in [6.07, 6.45) is -7.94. The lowest BCUT2D eigenvalue weighted by atomic mass is 9.85. The van der Waals surface area contributed by atoms with Crippen molar-refractivity contribution in [3.8, 4) is 5.75 Å². The number of nitrogens with zero attached hydrogens (tertiary/aromatic N) is 1. The summed E-state index contributed by atoms with van der Waals surface area (Å²) in [5.74, 6) is -1.54. The second-order valence-electron chi connectivity index (χ2n) is 7.96. The molecule has 2 rings (SSSR count). The average molecular weight is 512 g/mol. The highest BCUT2D eigenvalue weighted by Crippen LogP contribution is 2.42. The first kappa shape index (κ1) is 27.0. The standard InChI is InChI=1S/C20H21ClF3NO9/c1-19(2,3)13-9-15-11(8-14(13)21)7-12(16(34-15)20(22,23)24)17(26)31-10-32-18(27)30-5-4-6-33-25(28)29/h7-9,16H,4-6,10H2,1-3H3. The molecule has 0 aliphatic carbocycles. The van der Waals surface area contributed by atoms with Crippen LogP contribution in [0.15, 0.2) is 17.7 Å². The summed E-state index contributed by atoms with van der Waals surface area (Å²) in [7, 11) is 0. The van der Waals surface area contributed by atoms with Crippen LogP contribution in [0.4, 0.5) is 18.0 Å². The van der Waals surface area contributed by atoms with Crippen LogP contribution < -0.4 is 4.74 Å². The number of alkyl halides is 3. The number of benzene rings is 1. The Morgan fingerprint density at radius 3 is 2.41 bits per heavy atom. The van der Waals surface area contributed by atoms with Crippen LogP contribution in [0.1, 0.15) is 38.3 Å². The Morgan fingerprint density at radius 1 is 1.15 bits per heavy atom. The highest BCUT2D eigenvalue weighted by atomic mass is 35.5. The molecule has 1 aliphatic rings. The van der Waals surface area contributed by atoms with Crippen molar-refractivity contribution in [3.05, 3.63) is 44.0 Å². The number of hydrogen-bond acceptors (Lipinski definition) is 9. The van der Waals surface area contributed by atoms with E-state index in [0.717, 1.165) is 6.08 Å². The van der Waals surface area contributed by atoms with Gasteiger partial charge in [-0.2, -0.15) is 13.2 Å².